The zero-order valence-corrected chi connectivity index (χ0v) is 20.1. The van der Waals surface area contributed by atoms with Crippen LogP contribution in [0.15, 0.2) is 59.8 Å². The Morgan fingerprint density at radius 1 is 1.00 bits per heavy atom. The second kappa shape index (κ2) is 10.5. The van der Waals surface area contributed by atoms with E-state index in [0.717, 1.165) is 42.4 Å². The van der Waals surface area contributed by atoms with Crippen LogP contribution in [-0.2, 0) is 17.6 Å². The van der Waals surface area contributed by atoms with E-state index in [-0.39, 0.29) is 5.91 Å². The predicted molar refractivity (Wildman–Crippen MR) is 131 cm³/mol. The number of carbonyl (C=O) groups is 1. The molecule has 2 heterocycles. The van der Waals surface area contributed by atoms with E-state index in [9.17, 15) is 4.79 Å². The van der Waals surface area contributed by atoms with Crippen molar-refractivity contribution in [3.05, 3.63) is 71.0 Å². The normalized spacial score (nSPS) is 18.7. The fraction of sp³-hybridized carbons (Fsp3) is 0.400. The number of aryl methyl sites for hydroxylation is 2. The van der Waals surface area contributed by atoms with E-state index < -0.39 is 0 Å². The Kier molecular flexibility index (Phi) is 7.53. The summed E-state index contributed by atoms with van der Waals surface area (Å²) in [6.07, 6.45) is 4.97. The molecule has 2 aromatic carbocycles. The Balaban J connectivity index is 1.54. The molecule has 0 spiro atoms. The standard InChI is InChI=1S/C25H29ClN4OS/c1-18-7-6-8-19(2)29(18)24(31)17-32-25-28-27-23(16-11-20-9-4-3-5-10-20)30(25)22-14-12-21(26)13-15-22/h3-5,9-10,12-15,18-19H,6-8,11,16-17H2,1-2H3/t18-,19-/m1/s1. The maximum atomic E-state index is 13.0. The molecule has 0 bridgehead atoms. The first-order valence-corrected chi connectivity index (χ1v) is 12.6. The molecule has 1 aromatic heterocycles. The maximum Gasteiger partial charge on any atom is 0.233 e. The number of nitrogens with zero attached hydrogens (tertiary/aromatic N) is 4. The monoisotopic (exact) mass is 468 g/mol. The highest BCUT2D eigenvalue weighted by atomic mass is 35.5. The zero-order valence-electron chi connectivity index (χ0n) is 18.6. The Hall–Kier alpha value is -2.31. The van der Waals surface area contributed by atoms with Crippen molar-refractivity contribution in [2.45, 2.75) is 63.2 Å². The van der Waals surface area contributed by atoms with Crippen LogP contribution in [-0.4, -0.2) is 43.4 Å². The number of hydrogen-bond acceptors (Lipinski definition) is 4. The van der Waals surface area contributed by atoms with Gasteiger partial charge in [-0.3, -0.25) is 9.36 Å². The Morgan fingerprint density at radius 2 is 1.69 bits per heavy atom. The van der Waals surface area contributed by atoms with Crippen molar-refractivity contribution in [1.82, 2.24) is 19.7 Å². The number of piperidine rings is 1. The quantitative estimate of drug-likeness (QED) is 0.424. The molecule has 1 fully saturated rings. The molecular weight excluding hydrogens is 440 g/mol. The molecule has 2 atom stereocenters. The van der Waals surface area contributed by atoms with Gasteiger partial charge in [0.15, 0.2) is 5.16 Å². The Bertz CT molecular complexity index is 1030. The highest BCUT2D eigenvalue weighted by molar-refractivity contribution is 7.99. The van der Waals surface area contributed by atoms with E-state index in [4.69, 9.17) is 11.6 Å². The molecule has 4 rings (SSSR count). The van der Waals surface area contributed by atoms with Gasteiger partial charge in [0.25, 0.3) is 0 Å². The van der Waals surface area contributed by atoms with Gasteiger partial charge < -0.3 is 4.90 Å². The molecule has 168 valence electrons. The van der Waals surface area contributed by atoms with Gasteiger partial charge in [0.1, 0.15) is 5.82 Å². The topological polar surface area (TPSA) is 51.0 Å². The number of carbonyl (C=O) groups excluding carboxylic acids is 1. The lowest BCUT2D eigenvalue weighted by Gasteiger charge is -2.39. The SMILES string of the molecule is C[C@@H]1CCC[C@@H](C)N1C(=O)CSc1nnc(CCc2ccccc2)n1-c1ccc(Cl)cc1. The zero-order chi connectivity index (χ0) is 22.5. The third-order valence-electron chi connectivity index (χ3n) is 6.07. The molecule has 0 N–H and O–H groups in total. The fourth-order valence-electron chi connectivity index (χ4n) is 4.42. The van der Waals surface area contributed by atoms with Crippen LogP contribution in [0.2, 0.25) is 5.02 Å². The molecule has 1 aliphatic rings. The van der Waals surface area contributed by atoms with E-state index in [1.54, 1.807) is 0 Å². The van der Waals surface area contributed by atoms with Crippen LogP contribution in [0, 0.1) is 0 Å². The summed E-state index contributed by atoms with van der Waals surface area (Å²) in [6.45, 7) is 4.30. The molecule has 0 saturated carbocycles. The van der Waals surface area contributed by atoms with E-state index in [2.05, 4.69) is 57.8 Å². The number of likely N-dealkylation sites (tertiary alicyclic amines) is 1. The van der Waals surface area contributed by atoms with Gasteiger partial charge in [-0.05, 0) is 69.4 Å². The smallest absolute Gasteiger partial charge is 0.233 e. The Morgan fingerprint density at radius 3 is 2.38 bits per heavy atom. The van der Waals surface area contributed by atoms with E-state index in [1.165, 1.54) is 23.7 Å². The lowest BCUT2D eigenvalue weighted by Crippen LogP contribution is -2.48. The number of amides is 1. The molecular formula is C25H29ClN4OS. The van der Waals surface area contributed by atoms with Crippen molar-refractivity contribution in [3.63, 3.8) is 0 Å². The third kappa shape index (κ3) is 5.36. The average Bonchev–Trinajstić information content (AvgIpc) is 3.20. The molecule has 32 heavy (non-hydrogen) atoms. The van der Waals surface area contributed by atoms with Crippen molar-refractivity contribution < 1.29 is 4.79 Å². The Labute approximate surface area is 199 Å². The van der Waals surface area contributed by atoms with Crippen LogP contribution in [0.25, 0.3) is 5.69 Å². The first-order chi connectivity index (χ1) is 15.5. The van der Waals surface area contributed by atoms with E-state index in [1.807, 2.05) is 30.3 Å². The summed E-state index contributed by atoms with van der Waals surface area (Å²) in [5, 5.41) is 10.4. The highest BCUT2D eigenvalue weighted by Gasteiger charge is 2.29. The molecule has 3 aromatic rings. The second-order valence-corrected chi connectivity index (χ2v) is 9.79. The number of rotatable bonds is 7. The van der Waals surface area contributed by atoms with Gasteiger partial charge in [-0.15, -0.1) is 10.2 Å². The van der Waals surface area contributed by atoms with Crippen LogP contribution in [0.3, 0.4) is 0 Å². The van der Waals surface area contributed by atoms with E-state index >= 15 is 0 Å². The van der Waals surface area contributed by atoms with Gasteiger partial charge in [-0.2, -0.15) is 0 Å². The molecule has 7 heteroatoms. The molecule has 1 saturated heterocycles. The van der Waals surface area contributed by atoms with Crippen LogP contribution in [0.1, 0.15) is 44.5 Å². The minimum atomic E-state index is 0.172. The minimum Gasteiger partial charge on any atom is -0.337 e. The van der Waals surface area contributed by atoms with Gasteiger partial charge in [0.05, 0.1) is 5.75 Å². The van der Waals surface area contributed by atoms with Gasteiger partial charge >= 0.3 is 0 Å². The van der Waals surface area contributed by atoms with Crippen molar-refractivity contribution in [2.75, 3.05) is 5.75 Å². The van der Waals surface area contributed by atoms with Crippen LogP contribution in [0.4, 0.5) is 0 Å². The number of hydrogen-bond donors (Lipinski definition) is 0. The highest BCUT2D eigenvalue weighted by Crippen LogP contribution is 2.27. The number of aromatic nitrogens is 3. The van der Waals surface area contributed by atoms with Gasteiger partial charge in [-0.25, -0.2) is 0 Å². The minimum absolute atomic E-state index is 0.172. The lowest BCUT2D eigenvalue weighted by atomic mass is 9.98. The summed E-state index contributed by atoms with van der Waals surface area (Å²) in [4.78, 5) is 15.1. The fourth-order valence-corrected chi connectivity index (χ4v) is 5.39. The summed E-state index contributed by atoms with van der Waals surface area (Å²) >= 11 is 7.57. The molecule has 1 amide bonds. The summed E-state index contributed by atoms with van der Waals surface area (Å²) in [5.41, 5.74) is 2.22. The molecule has 1 aliphatic heterocycles. The maximum absolute atomic E-state index is 13.0. The lowest BCUT2D eigenvalue weighted by molar-refractivity contribution is -0.134. The number of benzene rings is 2. The van der Waals surface area contributed by atoms with Crippen molar-refractivity contribution in [2.24, 2.45) is 0 Å². The predicted octanol–water partition coefficient (Wildman–Crippen LogP) is 5.59. The first kappa shape index (κ1) is 22.9. The molecule has 0 aliphatic carbocycles. The van der Waals surface area contributed by atoms with Crippen LogP contribution < -0.4 is 0 Å². The average molecular weight is 469 g/mol. The van der Waals surface area contributed by atoms with Gasteiger partial charge in [-0.1, -0.05) is 53.7 Å². The largest absolute Gasteiger partial charge is 0.337 e. The van der Waals surface area contributed by atoms with Gasteiger partial charge in [0.2, 0.25) is 5.91 Å². The summed E-state index contributed by atoms with van der Waals surface area (Å²) in [6, 6.07) is 18.6. The summed E-state index contributed by atoms with van der Waals surface area (Å²) in [7, 11) is 0. The molecule has 0 radical (unpaired) electrons. The first-order valence-electron chi connectivity index (χ1n) is 11.2. The number of thioether (sulfide) groups is 1. The van der Waals surface area contributed by atoms with Crippen molar-refractivity contribution >= 4 is 29.3 Å². The van der Waals surface area contributed by atoms with Crippen LogP contribution in [0.5, 0.6) is 0 Å². The van der Waals surface area contributed by atoms with Crippen LogP contribution >= 0.6 is 23.4 Å². The molecule has 0 unspecified atom stereocenters. The van der Waals surface area contributed by atoms with E-state index in [0.29, 0.717) is 22.9 Å². The van der Waals surface area contributed by atoms with Gasteiger partial charge in [0, 0.05) is 29.2 Å². The molecule has 5 nitrogen and oxygen atoms in total. The summed E-state index contributed by atoms with van der Waals surface area (Å²) in [5.74, 6) is 1.41. The summed E-state index contributed by atoms with van der Waals surface area (Å²) < 4.78 is 2.06. The second-order valence-electron chi connectivity index (χ2n) is 8.41. The number of halogens is 1. The van der Waals surface area contributed by atoms with Crippen molar-refractivity contribution in [3.8, 4) is 5.69 Å². The van der Waals surface area contributed by atoms with Crippen molar-refractivity contribution in [1.29, 1.82) is 0 Å². The third-order valence-corrected chi connectivity index (χ3v) is 7.24.